The Kier molecular flexibility index (Phi) is 4.81. The molecule has 0 radical (unpaired) electrons. The Hall–Kier alpha value is -0.0800. The van der Waals surface area contributed by atoms with Gasteiger partial charge in [-0.05, 0) is 51.6 Å². The summed E-state index contributed by atoms with van der Waals surface area (Å²) in [6.45, 7) is 12.0. The molecule has 0 aliphatic carbocycles. The number of piperidine rings is 1. The smallest absolute Gasteiger partial charge is 0.0603 e. The highest BCUT2D eigenvalue weighted by atomic mass is 16.3. The van der Waals surface area contributed by atoms with Gasteiger partial charge in [-0.1, -0.05) is 26.7 Å². The summed E-state index contributed by atoms with van der Waals surface area (Å²) >= 11 is 0. The summed E-state index contributed by atoms with van der Waals surface area (Å²) in [5, 5.41) is 9.72. The fraction of sp³-hybridized carbons (Fsp3) is 1.00. The van der Waals surface area contributed by atoms with Crippen molar-refractivity contribution in [2.75, 3.05) is 19.6 Å². The van der Waals surface area contributed by atoms with Crippen LogP contribution in [-0.2, 0) is 0 Å². The molecule has 0 bridgehead atoms. The average Bonchev–Trinajstić information content (AvgIpc) is 2.26. The number of nitrogens with zero attached hydrogens (tertiary/aromatic N) is 1. The van der Waals surface area contributed by atoms with Crippen molar-refractivity contribution in [3.05, 3.63) is 0 Å². The summed E-state index contributed by atoms with van der Waals surface area (Å²) in [5.74, 6) is 0. The highest BCUT2D eigenvalue weighted by molar-refractivity contribution is 4.84. The first-order valence-electron chi connectivity index (χ1n) is 6.85. The topological polar surface area (TPSA) is 23.5 Å². The molecule has 0 amide bonds. The minimum absolute atomic E-state index is 0.510. The molecule has 0 spiro atoms. The molecule has 0 aromatic heterocycles. The van der Waals surface area contributed by atoms with Crippen molar-refractivity contribution in [2.45, 2.75) is 65.4 Å². The number of hydrogen-bond acceptors (Lipinski definition) is 2. The van der Waals surface area contributed by atoms with Crippen LogP contribution >= 0.6 is 0 Å². The van der Waals surface area contributed by atoms with E-state index in [2.05, 4.69) is 18.7 Å². The van der Waals surface area contributed by atoms with Crippen molar-refractivity contribution in [2.24, 2.45) is 5.41 Å². The average molecular weight is 227 g/mol. The standard InChI is InChI=1S/C14H29NO/c1-5-14(6-2)8-11-15(12-9-14)10-7-13(3,4)16/h16H,5-12H2,1-4H3. The van der Waals surface area contributed by atoms with Gasteiger partial charge in [-0.15, -0.1) is 0 Å². The highest BCUT2D eigenvalue weighted by Gasteiger charge is 2.31. The van der Waals surface area contributed by atoms with Gasteiger partial charge in [0.2, 0.25) is 0 Å². The molecule has 1 aliphatic rings. The lowest BCUT2D eigenvalue weighted by molar-refractivity contribution is 0.0401. The molecular formula is C14H29NO. The molecule has 0 atom stereocenters. The Labute approximate surface area is 101 Å². The first-order chi connectivity index (χ1) is 7.41. The molecule has 1 heterocycles. The van der Waals surface area contributed by atoms with Crippen LogP contribution in [0.1, 0.15) is 59.8 Å². The van der Waals surface area contributed by atoms with Crippen molar-refractivity contribution in [3.8, 4) is 0 Å². The molecule has 0 saturated carbocycles. The Morgan fingerprint density at radius 2 is 1.62 bits per heavy atom. The Bertz CT molecular complexity index is 193. The molecule has 2 heteroatoms. The van der Waals surface area contributed by atoms with Crippen LogP contribution in [0.4, 0.5) is 0 Å². The number of hydrogen-bond donors (Lipinski definition) is 1. The summed E-state index contributed by atoms with van der Waals surface area (Å²) in [6.07, 6.45) is 6.21. The van der Waals surface area contributed by atoms with Gasteiger partial charge in [-0.2, -0.15) is 0 Å². The van der Waals surface area contributed by atoms with Gasteiger partial charge in [0.25, 0.3) is 0 Å². The molecule has 16 heavy (non-hydrogen) atoms. The molecule has 0 aromatic carbocycles. The zero-order chi connectivity index (χ0) is 12.2. The third-order valence-electron chi connectivity index (χ3n) is 4.46. The van der Waals surface area contributed by atoms with Gasteiger partial charge in [0.05, 0.1) is 5.60 Å². The number of aliphatic hydroxyl groups is 1. The van der Waals surface area contributed by atoms with Crippen molar-refractivity contribution in [1.82, 2.24) is 4.90 Å². The summed E-state index contributed by atoms with van der Waals surface area (Å²) in [4.78, 5) is 2.52. The van der Waals surface area contributed by atoms with Crippen molar-refractivity contribution in [3.63, 3.8) is 0 Å². The van der Waals surface area contributed by atoms with Crippen LogP contribution in [0.15, 0.2) is 0 Å². The zero-order valence-electron chi connectivity index (χ0n) is 11.6. The molecule has 1 N–H and O–H groups in total. The molecule has 96 valence electrons. The second-order valence-electron chi connectivity index (χ2n) is 6.11. The summed E-state index contributed by atoms with van der Waals surface area (Å²) < 4.78 is 0. The fourth-order valence-electron chi connectivity index (χ4n) is 2.64. The monoisotopic (exact) mass is 227 g/mol. The predicted molar refractivity (Wildman–Crippen MR) is 69.6 cm³/mol. The van der Waals surface area contributed by atoms with E-state index in [0.29, 0.717) is 5.41 Å². The predicted octanol–water partition coefficient (Wildman–Crippen LogP) is 3.05. The fourth-order valence-corrected chi connectivity index (χ4v) is 2.64. The van der Waals surface area contributed by atoms with Gasteiger partial charge >= 0.3 is 0 Å². The summed E-state index contributed by atoms with van der Waals surface area (Å²) in [6, 6.07) is 0. The molecule has 1 fully saturated rings. The van der Waals surface area contributed by atoms with Gasteiger partial charge in [0.1, 0.15) is 0 Å². The number of likely N-dealkylation sites (tertiary alicyclic amines) is 1. The molecule has 1 rings (SSSR count). The third-order valence-corrected chi connectivity index (χ3v) is 4.46. The van der Waals surface area contributed by atoms with Gasteiger partial charge in [0, 0.05) is 6.54 Å². The molecular weight excluding hydrogens is 198 g/mol. The molecule has 0 aromatic rings. The Morgan fingerprint density at radius 3 is 2.00 bits per heavy atom. The van der Waals surface area contributed by atoms with E-state index in [4.69, 9.17) is 0 Å². The van der Waals surface area contributed by atoms with Crippen molar-refractivity contribution < 1.29 is 5.11 Å². The maximum Gasteiger partial charge on any atom is 0.0603 e. The molecule has 1 aliphatic heterocycles. The van der Waals surface area contributed by atoms with E-state index in [1.807, 2.05) is 13.8 Å². The van der Waals surface area contributed by atoms with E-state index in [1.165, 1.54) is 38.8 Å². The van der Waals surface area contributed by atoms with E-state index >= 15 is 0 Å². The van der Waals surface area contributed by atoms with Gasteiger partial charge in [0.15, 0.2) is 0 Å². The van der Waals surface area contributed by atoms with Crippen molar-refractivity contribution >= 4 is 0 Å². The van der Waals surface area contributed by atoms with Gasteiger partial charge in [-0.25, -0.2) is 0 Å². The van der Waals surface area contributed by atoms with Gasteiger partial charge < -0.3 is 10.0 Å². The highest BCUT2D eigenvalue weighted by Crippen LogP contribution is 2.37. The van der Waals surface area contributed by atoms with E-state index in [0.717, 1.165) is 13.0 Å². The Balaban J connectivity index is 2.32. The first kappa shape index (κ1) is 14.0. The largest absolute Gasteiger partial charge is 0.390 e. The van der Waals surface area contributed by atoms with Crippen LogP contribution in [-0.4, -0.2) is 35.2 Å². The maximum absolute atomic E-state index is 9.72. The van der Waals surface area contributed by atoms with Crippen LogP contribution in [0, 0.1) is 5.41 Å². The van der Waals surface area contributed by atoms with E-state index in [9.17, 15) is 5.11 Å². The van der Waals surface area contributed by atoms with Crippen molar-refractivity contribution in [1.29, 1.82) is 0 Å². The lowest BCUT2D eigenvalue weighted by atomic mass is 9.74. The molecule has 1 saturated heterocycles. The number of rotatable bonds is 5. The first-order valence-corrected chi connectivity index (χ1v) is 6.85. The van der Waals surface area contributed by atoms with E-state index in [1.54, 1.807) is 0 Å². The van der Waals surface area contributed by atoms with Crippen LogP contribution in [0.5, 0.6) is 0 Å². The third kappa shape index (κ3) is 4.06. The SMILES string of the molecule is CCC1(CC)CCN(CCC(C)(C)O)CC1. The van der Waals surface area contributed by atoms with E-state index < -0.39 is 5.60 Å². The zero-order valence-corrected chi connectivity index (χ0v) is 11.6. The minimum Gasteiger partial charge on any atom is -0.390 e. The van der Waals surface area contributed by atoms with Crippen LogP contribution < -0.4 is 0 Å². The minimum atomic E-state index is -0.510. The molecule has 0 unspecified atom stereocenters. The Morgan fingerprint density at radius 1 is 1.12 bits per heavy atom. The van der Waals surface area contributed by atoms with Crippen LogP contribution in [0.25, 0.3) is 0 Å². The molecule has 2 nitrogen and oxygen atoms in total. The van der Waals surface area contributed by atoms with E-state index in [-0.39, 0.29) is 0 Å². The van der Waals surface area contributed by atoms with Gasteiger partial charge in [-0.3, -0.25) is 0 Å². The maximum atomic E-state index is 9.72. The second kappa shape index (κ2) is 5.50. The summed E-state index contributed by atoms with van der Waals surface area (Å²) in [5.41, 5.74) is 0.106. The van der Waals surface area contributed by atoms with Crippen LogP contribution in [0.3, 0.4) is 0 Å². The normalized spacial score (nSPS) is 22.3. The summed E-state index contributed by atoms with van der Waals surface area (Å²) in [7, 11) is 0. The second-order valence-corrected chi connectivity index (χ2v) is 6.11. The lowest BCUT2D eigenvalue weighted by Gasteiger charge is -2.41. The lowest BCUT2D eigenvalue weighted by Crippen LogP contribution is -2.41. The quantitative estimate of drug-likeness (QED) is 0.780. The van der Waals surface area contributed by atoms with Crippen LogP contribution in [0.2, 0.25) is 0 Å².